The van der Waals surface area contributed by atoms with E-state index in [0.29, 0.717) is 41.8 Å². The topological polar surface area (TPSA) is 68.7 Å². The minimum Gasteiger partial charge on any atom is -0.494 e. The van der Waals surface area contributed by atoms with Crippen molar-refractivity contribution in [3.05, 3.63) is 41.7 Å². The average molecular weight is 362 g/mol. The number of alkyl halides is 2. The van der Waals surface area contributed by atoms with E-state index in [-0.39, 0.29) is 18.3 Å². The predicted octanol–water partition coefficient (Wildman–Crippen LogP) is 2.87. The molecule has 136 valence electrons. The maximum Gasteiger partial charge on any atom is 0.280 e. The highest BCUT2D eigenvalue weighted by molar-refractivity contribution is 5.97. The van der Waals surface area contributed by atoms with E-state index in [1.54, 1.807) is 18.2 Å². The summed E-state index contributed by atoms with van der Waals surface area (Å²) in [5.74, 6) is 0.0407. The van der Waals surface area contributed by atoms with Crippen molar-refractivity contribution in [2.45, 2.75) is 6.43 Å². The monoisotopic (exact) mass is 362 g/mol. The van der Waals surface area contributed by atoms with Gasteiger partial charge in [0.25, 0.3) is 12.3 Å². The molecule has 8 heteroatoms. The van der Waals surface area contributed by atoms with Crippen LogP contribution in [0.1, 0.15) is 22.5 Å². The van der Waals surface area contributed by atoms with E-state index in [9.17, 15) is 18.4 Å². The number of aldehydes is 1. The summed E-state index contributed by atoms with van der Waals surface area (Å²) in [7, 11) is 1.39. The maximum absolute atomic E-state index is 13.1. The van der Waals surface area contributed by atoms with Crippen LogP contribution in [0, 0.1) is 0 Å². The number of halogens is 2. The maximum atomic E-state index is 13.1. The van der Waals surface area contributed by atoms with Gasteiger partial charge in [0.05, 0.1) is 19.9 Å². The third-order valence-electron chi connectivity index (χ3n) is 4.08. The molecule has 0 atom stereocenters. The van der Waals surface area contributed by atoms with Gasteiger partial charge in [-0.15, -0.1) is 0 Å². The van der Waals surface area contributed by atoms with Crippen molar-refractivity contribution in [1.29, 1.82) is 0 Å². The van der Waals surface area contributed by atoms with Crippen molar-refractivity contribution in [2.75, 3.05) is 31.8 Å². The third kappa shape index (κ3) is 3.41. The van der Waals surface area contributed by atoms with Gasteiger partial charge in [0.15, 0.2) is 6.29 Å². The van der Waals surface area contributed by atoms with Crippen molar-refractivity contribution in [2.24, 2.45) is 0 Å². The van der Waals surface area contributed by atoms with Crippen LogP contribution in [0.15, 0.2) is 30.5 Å². The summed E-state index contributed by atoms with van der Waals surface area (Å²) < 4.78 is 36.5. The first-order chi connectivity index (χ1) is 12.5. The number of ether oxygens (including phenoxy) is 2. The highest BCUT2D eigenvalue weighted by atomic mass is 19.3. The number of pyridine rings is 1. The quantitative estimate of drug-likeness (QED) is 0.765. The number of carbonyl (C=O) groups excluding carboxylic acids is 2. The number of rotatable bonds is 5. The first kappa shape index (κ1) is 17.9. The molecule has 2 heterocycles. The highest BCUT2D eigenvalue weighted by Crippen LogP contribution is 2.36. The smallest absolute Gasteiger partial charge is 0.280 e. The van der Waals surface area contributed by atoms with Crippen LogP contribution in [-0.4, -0.2) is 44.0 Å². The number of aromatic nitrogens is 1. The molecular formula is C18H16F2N2O4. The lowest BCUT2D eigenvalue weighted by Gasteiger charge is -2.27. The van der Waals surface area contributed by atoms with Crippen LogP contribution in [-0.2, 0) is 9.53 Å². The summed E-state index contributed by atoms with van der Waals surface area (Å²) in [4.78, 5) is 28.7. The molecule has 0 radical (unpaired) electrons. The zero-order valence-corrected chi connectivity index (χ0v) is 13.9. The van der Waals surface area contributed by atoms with Gasteiger partial charge in [0.2, 0.25) is 0 Å². The molecule has 0 saturated carbocycles. The Morgan fingerprint density at radius 3 is 2.77 bits per heavy atom. The molecule has 0 aliphatic carbocycles. The van der Waals surface area contributed by atoms with E-state index < -0.39 is 12.1 Å². The van der Waals surface area contributed by atoms with Crippen LogP contribution in [0.5, 0.6) is 5.75 Å². The normalized spacial score (nSPS) is 14.6. The molecule has 1 aromatic heterocycles. The van der Waals surface area contributed by atoms with Crippen molar-refractivity contribution < 1.29 is 27.8 Å². The Labute approximate surface area is 148 Å². The van der Waals surface area contributed by atoms with E-state index in [1.165, 1.54) is 24.3 Å². The minimum absolute atomic E-state index is 0.0289. The molecule has 6 nitrogen and oxygen atoms in total. The standard InChI is InChI=1S/C18H16F2N2O4/c1-25-16-8-21-15(18(19)20)7-14(16)13-6-12(3-2-11(13)9-23)22-4-5-26-10-17(22)24/h2-3,6-9,18H,4-5,10H2,1H3. The van der Waals surface area contributed by atoms with E-state index >= 15 is 0 Å². The number of hydrogen-bond acceptors (Lipinski definition) is 5. The largest absolute Gasteiger partial charge is 0.494 e. The molecule has 1 aliphatic rings. The second-order valence-electron chi connectivity index (χ2n) is 5.60. The number of amides is 1. The molecule has 0 unspecified atom stereocenters. The Morgan fingerprint density at radius 2 is 2.12 bits per heavy atom. The van der Waals surface area contributed by atoms with E-state index in [4.69, 9.17) is 9.47 Å². The molecule has 1 aliphatic heterocycles. The van der Waals surface area contributed by atoms with Crippen LogP contribution in [0.25, 0.3) is 11.1 Å². The summed E-state index contributed by atoms with van der Waals surface area (Å²) in [5.41, 5.74) is 1.11. The van der Waals surface area contributed by atoms with Gasteiger partial charge in [-0.05, 0) is 29.8 Å². The lowest BCUT2D eigenvalue weighted by atomic mass is 9.98. The van der Waals surface area contributed by atoms with Crippen molar-refractivity contribution >= 4 is 17.9 Å². The molecule has 1 amide bonds. The van der Waals surface area contributed by atoms with E-state index in [2.05, 4.69) is 4.98 Å². The molecule has 1 fully saturated rings. The number of benzene rings is 1. The van der Waals surface area contributed by atoms with E-state index in [0.717, 1.165) is 0 Å². The summed E-state index contributed by atoms with van der Waals surface area (Å²) in [5, 5.41) is 0. The van der Waals surface area contributed by atoms with Crippen LogP contribution in [0.2, 0.25) is 0 Å². The second kappa shape index (κ2) is 7.57. The van der Waals surface area contributed by atoms with Gasteiger partial charge in [-0.25, -0.2) is 8.78 Å². The Bertz CT molecular complexity index is 842. The average Bonchev–Trinajstić information content (AvgIpc) is 2.67. The predicted molar refractivity (Wildman–Crippen MR) is 89.7 cm³/mol. The van der Waals surface area contributed by atoms with Gasteiger partial charge in [-0.3, -0.25) is 14.6 Å². The highest BCUT2D eigenvalue weighted by Gasteiger charge is 2.22. The Balaban J connectivity index is 2.14. The molecular weight excluding hydrogens is 346 g/mol. The summed E-state index contributed by atoms with van der Waals surface area (Å²) in [6.07, 6.45) is -0.941. The fourth-order valence-corrected chi connectivity index (χ4v) is 2.79. The fraction of sp³-hybridized carbons (Fsp3) is 0.278. The summed E-state index contributed by atoms with van der Waals surface area (Å²) in [6.45, 7) is 0.734. The first-order valence-electron chi connectivity index (χ1n) is 7.85. The molecule has 3 rings (SSSR count). The number of anilines is 1. The SMILES string of the molecule is COc1cnc(C(F)F)cc1-c1cc(N2CCOCC2=O)ccc1C=O. The van der Waals surface area contributed by atoms with Gasteiger partial charge >= 0.3 is 0 Å². The van der Waals surface area contributed by atoms with E-state index in [1.807, 2.05) is 0 Å². The third-order valence-corrected chi connectivity index (χ3v) is 4.08. The Hall–Kier alpha value is -2.87. The van der Waals surface area contributed by atoms with Gasteiger partial charge in [0, 0.05) is 23.4 Å². The lowest BCUT2D eigenvalue weighted by Crippen LogP contribution is -2.41. The van der Waals surface area contributed by atoms with Gasteiger partial charge in [-0.2, -0.15) is 0 Å². The zero-order valence-electron chi connectivity index (χ0n) is 13.9. The number of morpholine rings is 1. The van der Waals surface area contributed by atoms with Crippen molar-refractivity contribution in [3.63, 3.8) is 0 Å². The number of hydrogen-bond donors (Lipinski definition) is 0. The molecule has 2 aromatic rings. The van der Waals surface area contributed by atoms with Crippen molar-refractivity contribution in [1.82, 2.24) is 4.98 Å². The van der Waals surface area contributed by atoms with Crippen molar-refractivity contribution in [3.8, 4) is 16.9 Å². The molecule has 0 spiro atoms. The van der Waals surface area contributed by atoms with Crippen LogP contribution in [0.4, 0.5) is 14.5 Å². The molecule has 0 N–H and O–H groups in total. The van der Waals surface area contributed by atoms with Gasteiger partial charge in [-0.1, -0.05) is 0 Å². The minimum atomic E-state index is -2.76. The van der Waals surface area contributed by atoms with Crippen LogP contribution in [0.3, 0.4) is 0 Å². The van der Waals surface area contributed by atoms with Crippen LogP contribution >= 0.6 is 0 Å². The molecule has 0 bridgehead atoms. The summed E-state index contributed by atoms with van der Waals surface area (Å²) >= 11 is 0. The second-order valence-corrected chi connectivity index (χ2v) is 5.60. The lowest BCUT2D eigenvalue weighted by molar-refractivity contribution is -0.125. The number of nitrogens with zero attached hydrogens (tertiary/aromatic N) is 2. The Morgan fingerprint density at radius 1 is 1.31 bits per heavy atom. The Kier molecular flexibility index (Phi) is 5.22. The van der Waals surface area contributed by atoms with Gasteiger partial charge < -0.3 is 14.4 Å². The molecule has 1 saturated heterocycles. The number of carbonyl (C=O) groups is 2. The van der Waals surface area contributed by atoms with Gasteiger partial charge in [0.1, 0.15) is 18.1 Å². The van der Waals surface area contributed by atoms with Crippen LogP contribution < -0.4 is 9.64 Å². The summed E-state index contributed by atoms with van der Waals surface area (Å²) in [6, 6.07) is 5.98. The molecule has 1 aromatic carbocycles. The number of methoxy groups -OCH3 is 1. The first-order valence-corrected chi connectivity index (χ1v) is 7.85. The fourth-order valence-electron chi connectivity index (χ4n) is 2.79. The molecule has 26 heavy (non-hydrogen) atoms. The zero-order chi connectivity index (χ0) is 18.7.